The van der Waals surface area contributed by atoms with E-state index in [9.17, 15) is 4.79 Å². The van der Waals surface area contributed by atoms with Crippen molar-refractivity contribution in [3.05, 3.63) is 46.7 Å². The van der Waals surface area contributed by atoms with E-state index in [4.69, 9.17) is 9.47 Å². The van der Waals surface area contributed by atoms with Crippen LogP contribution in [0, 0.1) is 0 Å². The Morgan fingerprint density at radius 3 is 2.45 bits per heavy atom. The summed E-state index contributed by atoms with van der Waals surface area (Å²) in [6, 6.07) is 9.11. The summed E-state index contributed by atoms with van der Waals surface area (Å²) in [5.41, 5.74) is 0.627. The van der Waals surface area contributed by atoms with Gasteiger partial charge in [-0.15, -0.1) is 11.3 Å². The number of hydrogen-bond acceptors (Lipinski definition) is 4. The van der Waals surface area contributed by atoms with Gasteiger partial charge in [-0.25, -0.2) is 0 Å². The number of carbonyl (C=O) groups excluding carboxylic acids is 1. The summed E-state index contributed by atoms with van der Waals surface area (Å²) in [6.07, 6.45) is 3.27. The lowest BCUT2D eigenvalue weighted by atomic mass is 10.2. The molecule has 0 aliphatic carbocycles. The average molecular weight is 289 g/mol. The summed E-state index contributed by atoms with van der Waals surface area (Å²) >= 11 is 1.58. The minimum absolute atomic E-state index is 0.200. The molecule has 1 N–H and O–H groups in total. The van der Waals surface area contributed by atoms with E-state index in [0.29, 0.717) is 17.2 Å². The first kappa shape index (κ1) is 14.1. The van der Waals surface area contributed by atoms with E-state index in [1.54, 1.807) is 49.8 Å². The predicted octanol–water partition coefficient (Wildman–Crippen LogP) is 3.42. The smallest absolute Gasteiger partial charge is 0.248 e. The highest BCUT2D eigenvalue weighted by atomic mass is 32.1. The monoisotopic (exact) mass is 289 g/mol. The predicted molar refractivity (Wildman–Crippen MR) is 81.5 cm³/mol. The van der Waals surface area contributed by atoms with Crippen molar-refractivity contribution in [3.63, 3.8) is 0 Å². The zero-order valence-corrected chi connectivity index (χ0v) is 12.1. The summed E-state index contributed by atoms with van der Waals surface area (Å²) in [4.78, 5) is 12.9. The minimum Gasteiger partial charge on any atom is -0.497 e. The van der Waals surface area contributed by atoms with Crippen molar-refractivity contribution >= 4 is 29.0 Å². The molecule has 0 aliphatic heterocycles. The first-order valence-electron chi connectivity index (χ1n) is 5.97. The van der Waals surface area contributed by atoms with Crippen LogP contribution in [-0.2, 0) is 4.79 Å². The fraction of sp³-hybridized carbons (Fsp3) is 0.133. The Kier molecular flexibility index (Phi) is 4.79. The van der Waals surface area contributed by atoms with Crippen LogP contribution in [0.5, 0.6) is 11.5 Å². The van der Waals surface area contributed by atoms with Crippen molar-refractivity contribution in [1.29, 1.82) is 0 Å². The van der Waals surface area contributed by atoms with Gasteiger partial charge >= 0.3 is 0 Å². The molecule has 0 unspecified atom stereocenters. The first-order valence-corrected chi connectivity index (χ1v) is 6.85. The number of amides is 1. The highest BCUT2D eigenvalue weighted by molar-refractivity contribution is 7.10. The quantitative estimate of drug-likeness (QED) is 0.858. The van der Waals surface area contributed by atoms with Crippen molar-refractivity contribution in [3.8, 4) is 11.5 Å². The van der Waals surface area contributed by atoms with Crippen LogP contribution in [0.25, 0.3) is 6.08 Å². The fourth-order valence-corrected chi connectivity index (χ4v) is 2.23. The van der Waals surface area contributed by atoms with E-state index < -0.39 is 0 Å². The van der Waals surface area contributed by atoms with Gasteiger partial charge in [0.15, 0.2) is 0 Å². The molecule has 1 heterocycles. The number of nitrogens with one attached hydrogen (secondary N) is 1. The molecule has 0 fully saturated rings. The Morgan fingerprint density at radius 1 is 1.20 bits per heavy atom. The third kappa shape index (κ3) is 3.86. The van der Waals surface area contributed by atoms with Crippen molar-refractivity contribution in [2.45, 2.75) is 0 Å². The van der Waals surface area contributed by atoms with Gasteiger partial charge in [0.2, 0.25) is 5.91 Å². The molecule has 0 saturated heterocycles. The number of carbonyl (C=O) groups is 1. The number of hydrogen-bond donors (Lipinski definition) is 1. The Bertz CT molecular complexity index is 583. The molecule has 2 rings (SSSR count). The second kappa shape index (κ2) is 6.77. The molecule has 2 aromatic rings. The summed E-state index contributed by atoms with van der Waals surface area (Å²) in [5.74, 6) is 1.05. The van der Waals surface area contributed by atoms with E-state index in [-0.39, 0.29) is 5.91 Å². The van der Waals surface area contributed by atoms with Crippen LogP contribution in [0.1, 0.15) is 4.88 Å². The Balaban J connectivity index is 2.07. The van der Waals surface area contributed by atoms with Gasteiger partial charge in [0.25, 0.3) is 0 Å². The van der Waals surface area contributed by atoms with Crippen LogP contribution in [0.3, 0.4) is 0 Å². The summed E-state index contributed by atoms with van der Waals surface area (Å²) in [5, 5.41) is 4.74. The van der Waals surface area contributed by atoms with Crippen molar-refractivity contribution < 1.29 is 14.3 Å². The molecule has 1 amide bonds. The number of ether oxygens (including phenoxy) is 2. The third-order valence-electron chi connectivity index (χ3n) is 2.56. The first-order chi connectivity index (χ1) is 9.71. The van der Waals surface area contributed by atoms with Crippen LogP contribution in [-0.4, -0.2) is 20.1 Å². The molecule has 104 valence electrons. The molecule has 0 spiro atoms. The molecule has 0 aliphatic rings. The van der Waals surface area contributed by atoms with Crippen molar-refractivity contribution in [2.24, 2.45) is 0 Å². The highest BCUT2D eigenvalue weighted by Gasteiger charge is 2.04. The Labute approximate surface area is 121 Å². The normalized spacial score (nSPS) is 10.5. The molecule has 1 aromatic heterocycles. The van der Waals surface area contributed by atoms with Gasteiger partial charge in [0, 0.05) is 34.8 Å². The lowest BCUT2D eigenvalue weighted by Gasteiger charge is -2.08. The second-order valence-electron chi connectivity index (χ2n) is 3.94. The largest absolute Gasteiger partial charge is 0.497 e. The van der Waals surface area contributed by atoms with E-state index >= 15 is 0 Å². The molecule has 1 aromatic carbocycles. The molecule has 0 atom stereocenters. The Morgan fingerprint density at radius 2 is 1.90 bits per heavy atom. The van der Waals surface area contributed by atoms with E-state index in [0.717, 1.165) is 4.88 Å². The SMILES string of the molecule is COc1cc(NC(=O)C=Cc2cccs2)cc(OC)c1. The molecular weight excluding hydrogens is 274 g/mol. The number of rotatable bonds is 5. The third-order valence-corrected chi connectivity index (χ3v) is 3.40. The van der Waals surface area contributed by atoms with Crippen molar-refractivity contribution in [1.82, 2.24) is 0 Å². The van der Waals surface area contributed by atoms with Gasteiger partial charge in [-0.1, -0.05) is 6.07 Å². The molecule has 0 saturated carbocycles. The summed E-state index contributed by atoms with van der Waals surface area (Å²) in [6.45, 7) is 0. The molecular formula is C15H15NO3S. The number of anilines is 1. The van der Waals surface area contributed by atoms with Gasteiger partial charge in [-0.2, -0.15) is 0 Å². The number of thiophene rings is 1. The highest BCUT2D eigenvalue weighted by Crippen LogP contribution is 2.25. The number of benzene rings is 1. The van der Waals surface area contributed by atoms with Crippen LogP contribution in [0.2, 0.25) is 0 Å². The van der Waals surface area contributed by atoms with Gasteiger partial charge in [0.05, 0.1) is 14.2 Å². The maximum Gasteiger partial charge on any atom is 0.248 e. The fourth-order valence-electron chi connectivity index (χ4n) is 1.61. The van der Waals surface area contributed by atoms with Crippen LogP contribution < -0.4 is 14.8 Å². The van der Waals surface area contributed by atoms with Gasteiger partial charge < -0.3 is 14.8 Å². The van der Waals surface area contributed by atoms with Crippen LogP contribution in [0.4, 0.5) is 5.69 Å². The average Bonchev–Trinajstić information content (AvgIpc) is 2.98. The zero-order chi connectivity index (χ0) is 14.4. The topological polar surface area (TPSA) is 47.6 Å². The standard InChI is InChI=1S/C15H15NO3S/c1-18-12-8-11(9-13(10-12)19-2)16-15(17)6-5-14-4-3-7-20-14/h3-10H,1-2H3,(H,16,17). The lowest BCUT2D eigenvalue weighted by Crippen LogP contribution is -2.07. The maximum atomic E-state index is 11.8. The van der Waals surface area contributed by atoms with E-state index in [2.05, 4.69) is 5.32 Å². The summed E-state index contributed by atoms with van der Waals surface area (Å²) in [7, 11) is 3.13. The van der Waals surface area contributed by atoms with Gasteiger partial charge in [0.1, 0.15) is 11.5 Å². The van der Waals surface area contributed by atoms with E-state index in [1.165, 1.54) is 6.08 Å². The van der Waals surface area contributed by atoms with Crippen LogP contribution in [0.15, 0.2) is 41.8 Å². The Hall–Kier alpha value is -2.27. The lowest BCUT2D eigenvalue weighted by molar-refractivity contribution is -0.111. The second-order valence-corrected chi connectivity index (χ2v) is 4.92. The van der Waals surface area contributed by atoms with Crippen molar-refractivity contribution in [2.75, 3.05) is 19.5 Å². The molecule has 20 heavy (non-hydrogen) atoms. The maximum absolute atomic E-state index is 11.8. The number of methoxy groups -OCH3 is 2. The zero-order valence-electron chi connectivity index (χ0n) is 11.3. The molecule has 4 nitrogen and oxygen atoms in total. The minimum atomic E-state index is -0.200. The van der Waals surface area contributed by atoms with Gasteiger partial charge in [-0.3, -0.25) is 4.79 Å². The van der Waals surface area contributed by atoms with E-state index in [1.807, 2.05) is 17.5 Å². The molecule has 0 radical (unpaired) electrons. The molecule has 5 heteroatoms. The van der Waals surface area contributed by atoms with Crippen LogP contribution >= 0.6 is 11.3 Å². The van der Waals surface area contributed by atoms with Gasteiger partial charge in [-0.05, 0) is 17.5 Å². The molecule has 0 bridgehead atoms. The summed E-state index contributed by atoms with van der Waals surface area (Å²) < 4.78 is 10.3.